The number of ether oxygens (including phenoxy) is 2. The van der Waals surface area contributed by atoms with E-state index in [-0.39, 0.29) is 11.9 Å². The van der Waals surface area contributed by atoms with Crippen LogP contribution in [0.15, 0.2) is 84.9 Å². The van der Waals surface area contributed by atoms with Crippen LogP contribution in [0.5, 0.6) is 5.75 Å². The van der Waals surface area contributed by atoms with Gasteiger partial charge in [-0.25, -0.2) is 0 Å². The average Bonchev–Trinajstić information content (AvgIpc) is 2.74. The molecule has 3 heteroatoms. The van der Waals surface area contributed by atoms with Crippen LogP contribution in [0.25, 0.3) is 0 Å². The number of esters is 1. The van der Waals surface area contributed by atoms with E-state index in [2.05, 4.69) is 0 Å². The van der Waals surface area contributed by atoms with Gasteiger partial charge in [0.15, 0.2) is 6.10 Å². The van der Waals surface area contributed by atoms with E-state index in [1.54, 1.807) is 7.11 Å². The van der Waals surface area contributed by atoms with Crippen LogP contribution < -0.4 is 4.74 Å². The Balaban J connectivity index is 1.86. The van der Waals surface area contributed by atoms with E-state index in [1.807, 2.05) is 91.9 Å². The number of carbonyl (C=O) groups is 1. The maximum absolute atomic E-state index is 13.0. The van der Waals surface area contributed by atoms with Crippen LogP contribution in [-0.4, -0.2) is 13.1 Å². The lowest BCUT2D eigenvalue weighted by Gasteiger charge is -2.22. The van der Waals surface area contributed by atoms with E-state index in [1.165, 1.54) is 0 Å². The van der Waals surface area contributed by atoms with Crippen LogP contribution in [0.2, 0.25) is 0 Å². The molecule has 3 aromatic rings. The van der Waals surface area contributed by atoms with E-state index in [9.17, 15) is 4.79 Å². The number of hydrogen-bond donors (Lipinski definition) is 0. The lowest BCUT2D eigenvalue weighted by molar-refractivity contribution is -0.149. The molecule has 3 aromatic carbocycles. The molecule has 0 aromatic heterocycles. The summed E-state index contributed by atoms with van der Waals surface area (Å²) in [5.41, 5.74) is 2.85. The van der Waals surface area contributed by atoms with Gasteiger partial charge in [-0.05, 0) is 35.2 Å². The molecule has 3 nitrogen and oxygen atoms in total. The largest absolute Gasteiger partial charge is 0.497 e. The van der Waals surface area contributed by atoms with E-state index >= 15 is 0 Å². The van der Waals surface area contributed by atoms with Crippen LogP contribution in [0.1, 0.15) is 42.1 Å². The van der Waals surface area contributed by atoms with Gasteiger partial charge in [-0.2, -0.15) is 0 Å². The van der Waals surface area contributed by atoms with Gasteiger partial charge in [0.25, 0.3) is 0 Å². The SMILES string of the molecule is CC[C@@H](C(=O)OC(c1ccccc1)c1ccccc1)c1ccc(OC)cc1. The minimum absolute atomic E-state index is 0.222. The zero-order chi connectivity index (χ0) is 19.1. The average molecular weight is 360 g/mol. The number of benzene rings is 3. The monoisotopic (exact) mass is 360 g/mol. The van der Waals surface area contributed by atoms with Crippen molar-refractivity contribution in [3.05, 3.63) is 102 Å². The van der Waals surface area contributed by atoms with Crippen molar-refractivity contribution in [1.82, 2.24) is 0 Å². The van der Waals surface area contributed by atoms with Crippen molar-refractivity contribution in [2.45, 2.75) is 25.4 Å². The van der Waals surface area contributed by atoms with E-state index in [0.29, 0.717) is 6.42 Å². The molecule has 1 atom stereocenters. The number of hydrogen-bond acceptors (Lipinski definition) is 3. The van der Waals surface area contributed by atoms with Crippen LogP contribution in [0.3, 0.4) is 0 Å². The van der Waals surface area contributed by atoms with Gasteiger partial charge in [-0.1, -0.05) is 79.7 Å². The predicted octanol–water partition coefficient (Wildman–Crippen LogP) is 5.52. The summed E-state index contributed by atoms with van der Waals surface area (Å²) in [5.74, 6) is 0.236. The molecule has 0 amide bonds. The van der Waals surface area contributed by atoms with Gasteiger partial charge in [-0.3, -0.25) is 4.79 Å². The molecule has 138 valence electrons. The Morgan fingerprint density at radius 3 is 1.74 bits per heavy atom. The van der Waals surface area contributed by atoms with Gasteiger partial charge in [0.1, 0.15) is 5.75 Å². The predicted molar refractivity (Wildman–Crippen MR) is 107 cm³/mol. The van der Waals surface area contributed by atoms with E-state index in [0.717, 1.165) is 22.4 Å². The summed E-state index contributed by atoms with van der Waals surface area (Å²) in [4.78, 5) is 13.0. The maximum atomic E-state index is 13.0. The van der Waals surface area contributed by atoms with Gasteiger partial charge in [0, 0.05) is 0 Å². The van der Waals surface area contributed by atoms with Crippen molar-refractivity contribution in [1.29, 1.82) is 0 Å². The van der Waals surface area contributed by atoms with Crippen LogP contribution in [-0.2, 0) is 9.53 Å². The summed E-state index contributed by atoms with van der Waals surface area (Å²) in [6.07, 6.45) is 0.244. The fourth-order valence-corrected chi connectivity index (χ4v) is 3.16. The molecule has 0 radical (unpaired) electrons. The summed E-state index contributed by atoms with van der Waals surface area (Å²) < 4.78 is 11.2. The molecule has 0 unspecified atom stereocenters. The number of methoxy groups -OCH3 is 1. The summed E-state index contributed by atoms with van der Waals surface area (Å²) in [7, 11) is 1.63. The summed E-state index contributed by atoms with van der Waals surface area (Å²) in [6.45, 7) is 2.00. The molecular weight excluding hydrogens is 336 g/mol. The molecule has 0 aliphatic heterocycles. The third-order valence-electron chi connectivity index (χ3n) is 4.65. The Morgan fingerprint density at radius 2 is 1.30 bits per heavy atom. The molecule has 27 heavy (non-hydrogen) atoms. The molecular formula is C24H24O3. The summed E-state index contributed by atoms with van der Waals surface area (Å²) in [6, 6.07) is 27.3. The highest BCUT2D eigenvalue weighted by Gasteiger charge is 2.25. The topological polar surface area (TPSA) is 35.5 Å². The molecule has 0 aliphatic rings. The zero-order valence-corrected chi connectivity index (χ0v) is 15.7. The number of rotatable bonds is 7. The standard InChI is InChI=1S/C24H24O3/c1-3-22(18-14-16-21(26-2)17-15-18)24(25)27-23(19-10-6-4-7-11-19)20-12-8-5-9-13-20/h4-17,22-23H,3H2,1-2H3/t22-/m1/s1. The van der Waals surface area contributed by atoms with Crippen molar-refractivity contribution in [3.63, 3.8) is 0 Å². The second-order valence-electron chi connectivity index (χ2n) is 6.37. The van der Waals surface area contributed by atoms with Gasteiger partial charge < -0.3 is 9.47 Å². The minimum Gasteiger partial charge on any atom is -0.497 e. The number of carbonyl (C=O) groups excluding carboxylic acids is 1. The van der Waals surface area contributed by atoms with Gasteiger partial charge in [0.05, 0.1) is 13.0 Å². The highest BCUT2D eigenvalue weighted by atomic mass is 16.5. The minimum atomic E-state index is -0.424. The molecule has 0 bridgehead atoms. The molecule has 0 fully saturated rings. The molecule has 0 N–H and O–H groups in total. The third kappa shape index (κ3) is 4.56. The molecule has 0 spiro atoms. The fraction of sp³-hybridized carbons (Fsp3) is 0.208. The van der Waals surface area contributed by atoms with Crippen molar-refractivity contribution >= 4 is 5.97 Å². The molecule has 0 heterocycles. The third-order valence-corrected chi connectivity index (χ3v) is 4.65. The van der Waals surface area contributed by atoms with Gasteiger partial charge in [0.2, 0.25) is 0 Å². The molecule has 0 aliphatic carbocycles. The van der Waals surface area contributed by atoms with Crippen LogP contribution in [0.4, 0.5) is 0 Å². The molecule has 0 saturated carbocycles. The molecule has 3 rings (SSSR count). The highest BCUT2D eigenvalue weighted by molar-refractivity contribution is 5.78. The maximum Gasteiger partial charge on any atom is 0.314 e. The van der Waals surface area contributed by atoms with E-state index in [4.69, 9.17) is 9.47 Å². The lowest BCUT2D eigenvalue weighted by atomic mass is 9.96. The van der Waals surface area contributed by atoms with E-state index < -0.39 is 6.10 Å². The second-order valence-corrected chi connectivity index (χ2v) is 6.37. The highest BCUT2D eigenvalue weighted by Crippen LogP contribution is 2.30. The lowest BCUT2D eigenvalue weighted by Crippen LogP contribution is -2.19. The van der Waals surface area contributed by atoms with Gasteiger partial charge in [-0.15, -0.1) is 0 Å². The first kappa shape index (κ1) is 18.7. The summed E-state index contributed by atoms with van der Waals surface area (Å²) >= 11 is 0. The van der Waals surface area contributed by atoms with Crippen molar-refractivity contribution < 1.29 is 14.3 Å². The summed E-state index contributed by atoms with van der Waals surface area (Å²) in [5, 5.41) is 0. The zero-order valence-electron chi connectivity index (χ0n) is 15.7. The second kappa shape index (κ2) is 9.04. The quantitative estimate of drug-likeness (QED) is 0.520. The van der Waals surface area contributed by atoms with Crippen LogP contribution in [0, 0.1) is 0 Å². The van der Waals surface area contributed by atoms with Crippen molar-refractivity contribution in [2.24, 2.45) is 0 Å². The van der Waals surface area contributed by atoms with Crippen LogP contribution >= 0.6 is 0 Å². The Hall–Kier alpha value is -3.07. The Bertz CT molecular complexity index is 802. The van der Waals surface area contributed by atoms with Crippen molar-refractivity contribution in [3.8, 4) is 5.75 Å². The van der Waals surface area contributed by atoms with Gasteiger partial charge >= 0.3 is 5.97 Å². The first-order valence-electron chi connectivity index (χ1n) is 9.17. The Kier molecular flexibility index (Phi) is 6.26. The van der Waals surface area contributed by atoms with Crippen molar-refractivity contribution in [2.75, 3.05) is 7.11 Å². The first-order chi connectivity index (χ1) is 13.2. The fourth-order valence-electron chi connectivity index (χ4n) is 3.16. The smallest absolute Gasteiger partial charge is 0.314 e. The molecule has 0 saturated heterocycles. The Labute approximate surface area is 160 Å². The normalized spacial score (nSPS) is 11.8. The Morgan fingerprint density at radius 1 is 0.778 bits per heavy atom. The first-order valence-corrected chi connectivity index (χ1v) is 9.17.